The highest BCUT2D eigenvalue weighted by Crippen LogP contribution is 2.48. The molecule has 8 heteroatoms. The molecule has 3 aromatic rings. The Hall–Kier alpha value is -3.03. The van der Waals surface area contributed by atoms with Gasteiger partial charge in [-0.15, -0.1) is 0 Å². The third kappa shape index (κ3) is 4.42. The highest BCUT2D eigenvalue weighted by Gasteiger charge is 2.44. The van der Waals surface area contributed by atoms with Crippen LogP contribution in [0.1, 0.15) is 36.4 Å². The molecule has 1 aliphatic rings. The fraction of sp³-hybridized carbons (Fsp3) is 0.364. The number of carbonyl (C=O) groups is 1. The summed E-state index contributed by atoms with van der Waals surface area (Å²) in [5.74, 6) is -0.00917. The lowest BCUT2D eigenvalue weighted by Crippen LogP contribution is -2.28. The molecule has 0 radical (unpaired) electrons. The predicted molar refractivity (Wildman–Crippen MR) is 106 cm³/mol. The molecular weight excluding hydrogens is 395 g/mol. The van der Waals surface area contributed by atoms with Gasteiger partial charge in [-0.05, 0) is 47.9 Å². The molecule has 1 amide bonds. The minimum atomic E-state index is -4.41. The first kappa shape index (κ1) is 20.3. The van der Waals surface area contributed by atoms with E-state index in [0.717, 1.165) is 17.5 Å². The fourth-order valence-electron chi connectivity index (χ4n) is 3.66. The molecule has 5 nitrogen and oxygen atoms in total. The second-order valence-corrected chi connectivity index (χ2v) is 7.76. The number of alkyl halides is 3. The van der Waals surface area contributed by atoms with Gasteiger partial charge < -0.3 is 14.6 Å². The van der Waals surface area contributed by atoms with Crippen LogP contribution >= 0.6 is 0 Å². The quantitative estimate of drug-likeness (QED) is 0.643. The number of halogens is 3. The molecule has 1 N–H and O–H groups in total. The van der Waals surface area contributed by atoms with Gasteiger partial charge in [0.1, 0.15) is 0 Å². The van der Waals surface area contributed by atoms with Gasteiger partial charge >= 0.3 is 6.18 Å². The van der Waals surface area contributed by atoms with E-state index in [2.05, 4.69) is 43.9 Å². The first-order valence-corrected chi connectivity index (χ1v) is 9.72. The molecule has 1 unspecified atom stereocenters. The molecule has 0 spiro atoms. The smallest absolute Gasteiger partial charge is 0.422 e. The van der Waals surface area contributed by atoms with Crippen molar-refractivity contribution < 1.29 is 22.7 Å². The Bertz CT molecular complexity index is 1060. The highest BCUT2D eigenvalue weighted by molar-refractivity contribution is 5.85. The zero-order chi connectivity index (χ0) is 21.5. The molecule has 2 heterocycles. The van der Waals surface area contributed by atoms with E-state index in [9.17, 15) is 18.0 Å². The monoisotopic (exact) mass is 417 g/mol. The van der Waals surface area contributed by atoms with Crippen molar-refractivity contribution in [2.45, 2.75) is 31.5 Å². The Labute approximate surface area is 171 Å². The second-order valence-electron chi connectivity index (χ2n) is 7.76. The average molecular weight is 417 g/mol. The number of rotatable bonds is 6. The number of pyridine rings is 1. The summed E-state index contributed by atoms with van der Waals surface area (Å²) in [7, 11) is 2.00. The van der Waals surface area contributed by atoms with E-state index in [4.69, 9.17) is 0 Å². The molecule has 0 aliphatic heterocycles. The topological polar surface area (TPSA) is 56.2 Å². The number of aromatic nitrogens is 2. The van der Waals surface area contributed by atoms with E-state index in [1.165, 1.54) is 17.6 Å². The summed E-state index contributed by atoms with van der Waals surface area (Å²) < 4.78 is 43.3. The second kappa shape index (κ2) is 7.66. The van der Waals surface area contributed by atoms with Crippen molar-refractivity contribution in [3.63, 3.8) is 0 Å². The van der Waals surface area contributed by atoms with E-state index in [1.54, 1.807) is 6.07 Å². The van der Waals surface area contributed by atoms with Gasteiger partial charge in [-0.25, -0.2) is 4.98 Å². The van der Waals surface area contributed by atoms with E-state index < -0.39 is 12.8 Å². The maximum atomic E-state index is 12.6. The van der Waals surface area contributed by atoms with Crippen LogP contribution in [0.15, 0.2) is 48.8 Å². The number of fused-ring (bicyclic) bond motifs is 1. The summed E-state index contributed by atoms with van der Waals surface area (Å²) in [6, 6.07) is 11.0. The van der Waals surface area contributed by atoms with Gasteiger partial charge in [0.2, 0.25) is 11.8 Å². The minimum absolute atomic E-state index is 0.0307. The lowest BCUT2D eigenvalue weighted by atomic mass is 10.1. The predicted octanol–water partition coefficient (Wildman–Crippen LogP) is 4.50. The zero-order valence-electron chi connectivity index (χ0n) is 16.6. The van der Waals surface area contributed by atoms with E-state index in [-0.39, 0.29) is 29.7 Å². The van der Waals surface area contributed by atoms with Crippen molar-refractivity contribution in [1.82, 2.24) is 14.9 Å². The summed E-state index contributed by atoms with van der Waals surface area (Å²) in [4.78, 5) is 16.5. The Morgan fingerprint density at radius 1 is 1.30 bits per heavy atom. The van der Waals surface area contributed by atoms with E-state index >= 15 is 0 Å². The number of ether oxygens (including phenoxy) is 1. The number of aryl methyl sites for hydroxylation is 1. The van der Waals surface area contributed by atoms with Crippen LogP contribution in [0.25, 0.3) is 10.9 Å². The van der Waals surface area contributed by atoms with Gasteiger partial charge in [-0.3, -0.25) is 4.79 Å². The van der Waals surface area contributed by atoms with Crippen LogP contribution in [0.2, 0.25) is 0 Å². The van der Waals surface area contributed by atoms with Gasteiger partial charge in [0.25, 0.3) is 0 Å². The van der Waals surface area contributed by atoms with Gasteiger partial charge in [-0.1, -0.05) is 18.2 Å². The maximum absolute atomic E-state index is 12.6. The molecule has 0 saturated heterocycles. The number of carbonyl (C=O) groups excluding carboxylic acids is 1. The van der Waals surface area contributed by atoms with Crippen LogP contribution < -0.4 is 10.1 Å². The van der Waals surface area contributed by atoms with Crippen LogP contribution in [0.4, 0.5) is 13.2 Å². The summed E-state index contributed by atoms with van der Waals surface area (Å²) in [6.07, 6.45) is -0.171. The van der Waals surface area contributed by atoms with Crippen LogP contribution in [0, 0.1) is 5.92 Å². The van der Waals surface area contributed by atoms with Crippen molar-refractivity contribution in [3.8, 4) is 5.88 Å². The Morgan fingerprint density at radius 2 is 2.10 bits per heavy atom. The summed E-state index contributed by atoms with van der Waals surface area (Å²) in [6.45, 7) is 0.432. The number of benzene rings is 1. The van der Waals surface area contributed by atoms with Gasteiger partial charge in [0.05, 0.1) is 6.04 Å². The normalized spacial score (nSPS) is 19.5. The van der Waals surface area contributed by atoms with E-state index in [1.807, 2.05) is 20.2 Å². The van der Waals surface area contributed by atoms with Crippen LogP contribution in [-0.2, 0) is 11.8 Å². The average Bonchev–Trinajstić information content (AvgIpc) is 3.43. The number of hydrogen-bond donors (Lipinski definition) is 1. The number of amides is 1. The molecule has 158 valence electrons. The SMILES string of the molecule is CC(NC(=O)[C@@H]1C[C@H]1c1ccc2ccn(C)c2c1)c1ccc(OCC(F)(F)F)nc1. The van der Waals surface area contributed by atoms with Crippen LogP contribution in [-0.4, -0.2) is 28.2 Å². The van der Waals surface area contributed by atoms with Crippen molar-refractivity contribution >= 4 is 16.8 Å². The molecular formula is C22H22F3N3O2. The molecule has 1 aliphatic carbocycles. The highest BCUT2D eigenvalue weighted by atomic mass is 19.4. The molecule has 4 rings (SSSR count). The Kier molecular flexibility index (Phi) is 5.17. The molecule has 1 saturated carbocycles. The zero-order valence-corrected chi connectivity index (χ0v) is 16.6. The minimum Gasteiger partial charge on any atom is -0.468 e. The van der Waals surface area contributed by atoms with Gasteiger partial charge in [0.15, 0.2) is 6.61 Å². The van der Waals surface area contributed by atoms with Gasteiger partial charge in [-0.2, -0.15) is 13.2 Å². The molecule has 0 bridgehead atoms. The number of hydrogen-bond acceptors (Lipinski definition) is 3. The first-order valence-electron chi connectivity index (χ1n) is 9.72. The summed E-state index contributed by atoms with van der Waals surface area (Å²) >= 11 is 0. The summed E-state index contributed by atoms with van der Waals surface area (Å²) in [5, 5.41) is 4.15. The maximum Gasteiger partial charge on any atom is 0.422 e. The van der Waals surface area contributed by atoms with Gasteiger partial charge in [0, 0.05) is 36.9 Å². The Balaban J connectivity index is 1.34. The molecule has 2 aromatic heterocycles. The fourth-order valence-corrected chi connectivity index (χ4v) is 3.66. The summed E-state index contributed by atoms with van der Waals surface area (Å²) in [5.41, 5.74) is 3.00. The van der Waals surface area contributed by atoms with Crippen molar-refractivity contribution in [2.24, 2.45) is 13.0 Å². The number of nitrogens with zero attached hydrogens (tertiary/aromatic N) is 2. The standard InChI is InChI=1S/C22H22F3N3O2/c1-13(16-5-6-20(26-11-16)30-12-22(23,24)25)27-21(29)18-10-17(18)15-4-3-14-7-8-28(2)19(14)9-15/h3-9,11,13,17-18H,10,12H2,1-2H3,(H,27,29)/t13?,17-,18+/m0/s1. The lowest BCUT2D eigenvalue weighted by molar-refractivity contribution is -0.154. The first-order chi connectivity index (χ1) is 14.2. The third-order valence-electron chi connectivity index (χ3n) is 5.47. The van der Waals surface area contributed by atoms with Crippen molar-refractivity contribution in [2.75, 3.05) is 6.61 Å². The molecule has 1 aromatic carbocycles. The lowest BCUT2D eigenvalue weighted by Gasteiger charge is -2.15. The van der Waals surface area contributed by atoms with Crippen LogP contribution in [0.3, 0.4) is 0 Å². The van der Waals surface area contributed by atoms with Crippen molar-refractivity contribution in [3.05, 3.63) is 59.9 Å². The van der Waals surface area contributed by atoms with Crippen molar-refractivity contribution in [1.29, 1.82) is 0 Å². The van der Waals surface area contributed by atoms with E-state index in [0.29, 0.717) is 5.56 Å². The Morgan fingerprint density at radius 3 is 2.80 bits per heavy atom. The molecule has 30 heavy (non-hydrogen) atoms. The molecule has 1 fully saturated rings. The van der Waals surface area contributed by atoms with Crippen LogP contribution in [0.5, 0.6) is 5.88 Å². The third-order valence-corrected chi connectivity index (χ3v) is 5.47. The number of nitrogens with one attached hydrogen (secondary N) is 1. The largest absolute Gasteiger partial charge is 0.468 e. The molecule has 3 atom stereocenters.